The number of aryl methyl sites for hydroxylation is 1. The molecule has 0 bridgehead atoms. The number of nitrogens with one attached hydrogen (secondary N) is 2. The van der Waals surface area contributed by atoms with Gasteiger partial charge in [-0.1, -0.05) is 13.3 Å². The van der Waals surface area contributed by atoms with E-state index in [0.717, 1.165) is 31.5 Å². The summed E-state index contributed by atoms with van der Waals surface area (Å²) in [7, 11) is 0. The van der Waals surface area contributed by atoms with Crippen molar-refractivity contribution in [2.24, 2.45) is 0 Å². The minimum Gasteiger partial charge on any atom is -0.343 e. The standard InChI is InChI=1S/C20H25N5O3/c1-2-3-13-25-17(10-11-22-25)23-18(26)14-21-20(28)15-6-8-16(9-7-15)24-12-4-5-19(24)27/h6-11H,2-5,12-14H2,1H3,(H,21,28)(H,23,26). The third kappa shape index (κ3) is 4.76. The normalized spacial score (nSPS) is 13.6. The van der Waals surface area contributed by atoms with Crippen molar-refractivity contribution in [1.29, 1.82) is 0 Å². The number of carbonyl (C=O) groups excluding carboxylic acids is 3. The van der Waals surface area contributed by atoms with Crippen LogP contribution in [0.2, 0.25) is 0 Å². The molecule has 0 radical (unpaired) electrons. The van der Waals surface area contributed by atoms with Crippen LogP contribution in [0.4, 0.5) is 11.5 Å². The van der Waals surface area contributed by atoms with Gasteiger partial charge in [-0.2, -0.15) is 5.10 Å². The molecule has 2 aromatic rings. The van der Waals surface area contributed by atoms with Crippen LogP contribution in [0.1, 0.15) is 43.0 Å². The summed E-state index contributed by atoms with van der Waals surface area (Å²) >= 11 is 0. The van der Waals surface area contributed by atoms with Gasteiger partial charge in [-0.3, -0.25) is 14.4 Å². The molecule has 3 rings (SSSR count). The van der Waals surface area contributed by atoms with Crippen LogP contribution in [0, 0.1) is 0 Å². The maximum Gasteiger partial charge on any atom is 0.251 e. The van der Waals surface area contributed by atoms with Crippen molar-refractivity contribution < 1.29 is 14.4 Å². The zero-order valence-electron chi connectivity index (χ0n) is 16.0. The Bertz CT molecular complexity index is 844. The van der Waals surface area contributed by atoms with E-state index in [-0.39, 0.29) is 24.3 Å². The molecule has 0 saturated carbocycles. The molecule has 1 fully saturated rings. The van der Waals surface area contributed by atoms with Crippen LogP contribution in [-0.4, -0.2) is 40.6 Å². The first-order valence-electron chi connectivity index (χ1n) is 9.58. The zero-order chi connectivity index (χ0) is 19.9. The molecule has 2 N–H and O–H groups in total. The van der Waals surface area contributed by atoms with Gasteiger partial charge in [-0.25, -0.2) is 4.68 Å². The number of anilines is 2. The lowest BCUT2D eigenvalue weighted by Crippen LogP contribution is -2.33. The molecule has 3 amide bonds. The minimum absolute atomic E-state index is 0.104. The summed E-state index contributed by atoms with van der Waals surface area (Å²) in [5.74, 6) is 0.0687. The number of aromatic nitrogens is 2. The molecule has 2 heterocycles. The van der Waals surface area contributed by atoms with E-state index in [1.165, 1.54) is 0 Å². The molecular formula is C20H25N5O3. The lowest BCUT2D eigenvalue weighted by molar-refractivity contribution is -0.117. The van der Waals surface area contributed by atoms with Gasteiger partial charge in [0.05, 0.1) is 12.7 Å². The van der Waals surface area contributed by atoms with E-state index >= 15 is 0 Å². The topological polar surface area (TPSA) is 96.3 Å². The molecule has 1 aromatic heterocycles. The molecule has 1 aliphatic rings. The summed E-state index contributed by atoms with van der Waals surface area (Å²) in [4.78, 5) is 37.9. The first kappa shape index (κ1) is 19.6. The van der Waals surface area contributed by atoms with Gasteiger partial charge in [0.1, 0.15) is 5.82 Å². The number of hydrogen-bond donors (Lipinski definition) is 2. The van der Waals surface area contributed by atoms with Gasteiger partial charge in [0.15, 0.2) is 0 Å². The van der Waals surface area contributed by atoms with Gasteiger partial charge < -0.3 is 15.5 Å². The smallest absolute Gasteiger partial charge is 0.251 e. The van der Waals surface area contributed by atoms with Gasteiger partial charge in [-0.05, 0) is 37.1 Å². The highest BCUT2D eigenvalue weighted by molar-refractivity contribution is 6.00. The fourth-order valence-electron chi connectivity index (χ4n) is 3.09. The van der Waals surface area contributed by atoms with Crippen molar-refractivity contribution in [2.45, 2.75) is 39.2 Å². The van der Waals surface area contributed by atoms with Crippen LogP contribution < -0.4 is 15.5 Å². The van der Waals surface area contributed by atoms with Crippen molar-refractivity contribution in [3.8, 4) is 0 Å². The fraction of sp³-hybridized carbons (Fsp3) is 0.400. The second kappa shape index (κ2) is 9.16. The van der Waals surface area contributed by atoms with Crippen molar-refractivity contribution in [2.75, 3.05) is 23.3 Å². The fourth-order valence-corrected chi connectivity index (χ4v) is 3.09. The molecule has 0 unspecified atom stereocenters. The number of rotatable bonds is 8. The van der Waals surface area contributed by atoms with Crippen LogP contribution in [0.15, 0.2) is 36.5 Å². The van der Waals surface area contributed by atoms with E-state index < -0.39 is 0 Å². The van der Waals surface area contributed by atoms with Gasteiger partial charge in [0, 0.05) is 36.8 Å². The second-order valence-electron chi connectivity index (χ2n) is 6.72. The largest absolute Gasteiger partial charge is 0.343 e. The third-order valence-electron chi connectivity index (χ3n) is 4.63. The maximum absolute atomic E-state index is 12.3. The molecule has 8 heteroatoms. The summed E-state index contributed by atoms with van der Waals surface area (Å²) in [6.07, 6.45) is 5.06. The summed E-state index contributed by atoms with van der Waals surface area (Å²) in [6, 6.07) is 8.56. The van der Waals surface area contributed by atoms with Gasteiger partial charge in [-0.15, -0.1) is 0 Å². The number of hydrogen-bond acceptors (Lipinski definition) is 4. The second-order valence-corrected chi connectivity index (χ2v) is 6.72. The van der Waals surface area contributed by atoms with Crippen molar-refractivity contribution >= 4 is 29.2 Å². The highest BCUT2D eigenvalue weighted by Crippen LogP contribution is 2.21. The summed E-state index contributed by atoms with van der Waals surface area (Å²) in [5.41, 5.74) is 1.23. The summed E-state index contributed by atoms with van der Waals surface area (Å²) < 4.78 is 1.74. The van der Waals surface area contributed by atoms with Gasteiger partial charge in [0.25, 0.3) is 5.91 Å². The lowest BCUT2D eigenvalue weighted by Gasteiger charge is -2.15. The number of carbonyl (C=O) groups is 3. The third-order valence-corrected chi connectivity index (χ3v) is 4.63. The predicted octanol–water partition coefficient (Wildman–Crippen LogP) is 2.18. The Morgan fingerprint density at radius 1 is 1.18 bits per heavy atom. The van der Waals surface area contributed by atoms with Crippen LogP contribution in [0.25, 0.3) is 0 Å². The van der Waals surface area contributed by atoms with E-state index in [1.807, 2.05) is 0 Å². The van der Waals surface area contributed by atoms with Crippen molar-refractivity contribution in [3.63, 3.8) is 0 Å². The van der Waals surface area contributed by atoms with Crippen molar-refractivity contribution in [3.05, 3.63) is 42.1 Å². The van der Waals surface area contributed by atoms with E-state index in [9.17, 15) is 14.4 Å². The summed E-state index contributed by atoms with van der Waals surface area (Å²) in [5, 5.41) is 9.55. The number of amides is 3. The number of nitrogens with zero attached hydrogens (tertiary/aromatic N) is 3. The Morgan fingerprint density at radius 2 is 1.96 bits per heavy atom. The Kier molecular flexibility index (Phi) is 6.41. The molecule has 0 spiro atoms. The lowest BCUT2D eigenvalue weighted by atomic mass is 10.2. The van der Waals surface area contributed by atoms with Gasteiger partial charge >= 0.3 is 0 Å². The molecule has 1 aromatic carbocycles. The molecule has 8 nitrogen and oxygen atoms in total. The molecule has 1 aliphatic heterocycles. The summed E-state index contributed by atoms with van der Waals surface area (Å²) in [6.45, 7) is 3.40. The average Bonchev–Trinajstić information content (AvgIpc) is 3.33. The average molecular weight is 383 g/mol. The Hall–Kier alpha value is -3.16. The molecule has 0 aliphatic carbocycles. The van der Waals surface area contributed by atoms with Gasteiger partial charge in [0.2, 0.25) is 11.8 Å². The van der Waals surface area contributed by atoms with E-state index in [0.29, 0.717) is 24.3 Å². The van der Waals surface area contributed by atoms with Crippen LogP contribution in [0.5, 0.6) is 0 Å². The predicted molar refractivity (Wildman–Crippen MR) is 106 cm³/mol. The van der Waals surface area contributed by atoms with Crippen LogP contribution in [-0.2, 0) is 16.1 Å². The molecule has 28 heavy (non-hydrogen) atoms. The Balaban J connectivity index is 1.50. The zero-order valence-corrected chi connectivity index (χ0v) is 16.0. The van der Waals surface area contributed by atoms with Crippen LogP contribution >= 0.6 is 0 Å². The highest BCUT2D eigenvalue weighted by atomic mass is 16.2. The first-order chi connectivity index (χ1) is 13.6. The minimum atomic E-state index is -0.339. The molecule has 1 saturated heterocycles. The highest BCUT2D eigenvalue weighted by Gasteiger charge is 2.21. The SMILES string of the molecule is CCCCn1nccc1NC(=O)CNC(=O)c1ccc(N2CCCC2=O)cc1. The Morgan fingerprint density at radius 3 is 2.64 bits per heavy atom. The molecule has 148 valence electrons. The van der Waals surface area contributed by atoms with E-state index in [2.05, 4.69) is 22.7 Å². The Labute approximate surface area is 163 Å². The molecule has 0 atom stereocenters. The number of benzene rings is 1. The quantitative estimate of drug-likeness (QED) is 0.730. The maximum atomic E-state index is 12.3. The van der Waals surface area contributed by atoms with E-state index in [1.54, 1.807) is 46.1 Å². The number of unbranched alkanes of at least 4 members (excludes halogenated alkanes) is 1. The molecular weight excluding hydrogens is 358 g/mol. The van der Waals surface area contributed by atoms with Crippen LogP contribution in [0.3, 0.4) is 0 Å². The first-order valence-corrected chi connectivity index (χ1v) is 9.58. The monoisotopic (exact) mass is 383 g/mol. The van der Waals surface area contributed by atoms with Crippen molar-refractivity contribution in [1.82, 2.24) is 15.1 Å². The van der Waals surface area contributed by atoms with E-state index in [4.69, 9.17) is 0 Å².